The van der Waals surface area contributed by atoms with Crippen molar-refractivity contribution < 1.29 is 0 Å². The van der Waals surface area contributed by atoms with Crippen LogP contribution in [-0.2, 0) is 6.42 Å². The normalized spacial score (nSPS) is 19.5. The molecular formula is C15H19N3S. The monoisotopic (exact) mass is 273 g/mol. The van der Waals surface area contributed by atoms with E-state index in [4.69, 9.17) is 0 Å². The third kappa shape index (κ3) is 3.19. The van der Waals surface area contributed by atoms with Crippen LogP contribution in [0.2, 0.25) is 0 Å². The van der Waals surface area contributed by atoms with Gasteiger partial charge in [0.2, 0.25) is 0 Å². The minimum Gasteiger partial charge on any atom is -0.316 e. The lowest BCUT2D eigenvalue weighted by molar-refractivity contribution is 0.376. The summed E-state index contributed by atoms with van der Waals surface area (Å²) in [5.41, 5.74) is 3.40. The topological polar surface area (TPSA) is 37.8 Å². The molecule has 19 heavy (non-hydrogen) atoms. The molecular weight excluding hydrogens is 254 g/mol. The van der Waals surface area contributed by atoms with E-state index >= 15 is 0 Å². The van der Waals surface area contributed by atoms with Gasteiger partial charge in [-0.3, -0.25) is 4.98 Å². The van der Waals surface area contributed by atoms with E-state index in [1.54, 1.807) is 11.3 Å². The summed E-state index contributed by atoms with van der Waals surface area (Å²) in [7, 11) is 0. The third-order valence-electron chi connectivity index (χ3n) is 3.59. The number of hydrogen-bond donors (Lipinski definition) is 1. The largest absolute Gasteiger partial charge is 0.316 e. The summed E-state index contributed by atoms with van der Waals surface area (Å²) in [5, 5.41) is 6.55. The molecule has 0 saturated carbocycles. The van der Waals surface area contributed by atoms with Crippen molar-refractivity contribution in [1.29, 1.82) is 0 Å². The van der Waals surface area contributed by atoms with Crippen LogP contribution < -0.4 is 5.32 Å². The van der Waals surface area contributed by atoms with Gasteiger partial charge in [-0.2, -0.15) is 0 Å². The molecule has 2 aromatic rings. The zero-order valence-electron chi connectivity index (χ0n) is 11.2. The van der Waals surface area contributed by atoms with Gasteiger partial charge in [-0.05, 0) is 56.8 Å². The molecule has 1 aliphatic heterocycles. The van der Waals surface area contributed by atoms with Crippen LogP contribution in [0, 0.1) is 12.8 Å². The number of hydrogen-bond acceptors (Lipinski definition) is 4. The Morgan fingerprint density at radius 3 is 3.00 bits per heavy atom. The van der Waals surface area contributed by atoms with E-state index < -0.39 is 0 Å². The second-order valence-electron chi connectivity index (χ2n) is 5.26. The number of nitrogens with zero attached hydrogens (tertiary/aromatic N) is 2. The van der Waals surface area contributed by atoms with Crippen LogP contribution in [0.1, 0.15) is 24.1 Å². The van der Waals surface area contributed by atoms with Crippen molar-refractivity contribution >= 4 is 11.3 Å². The quantitative estimate of drug-likeness (QED) is 0.934. The van der Waals surface area contributed by atoms with E-state index in [9.17, 15) is 0 Å². The molecule has 3 rings (SSSR count). The average molecular weight is 273 g/mol. The third-order valence-corrected chi connectivity index (χ3v) is 4.57. The summed E-state index contributed by atoms with van der Waals surface area (Å²) in [5.74, 6) is 0.767. The van der Waals surface area contributed by atoms with Crippen molar-refractivity contribution in [2.24, 2.45) is 5.92 Å². The molecule has 0 unspecified atom stereocenters. The zero-order chi connectivity index (χ0) is 13.1. The van der Waals surface area contributed by atoms with Crippen molar-refractivity contribution in [1.82, 2.24) is 15.3 Å². The van der Waals surface area contributed by atoms with E-state index in [2.05, 4.69) is 32.8 Å². The van der Waals surface area contributed by atoms with Crippen molar-refractivity contribution in [2.45, 2.75) is 26.2 Å². The predicted octanol–water partition coefficient (Wildman–Crippen LogP) is 3.06. The van der Waals surface area contributed by atoms with Crippen LogP contribution in [0.5, 0.6) is 0 Å². The highest BCUT2D eigenvalue weighted by molar-refractivity contribution is 7.13. The molecule has 0 amide bonds. The van der Waals surface area contributed by atoms with Crippen LogP contribution in [0.3, 0.4) is 0 Å². The summed E-state index contributed by atoms with van der Waals surface area (Å²) in [6.45, 7) is 4.34. The van der Waals surface area contributed by atoms with Crippen LogP contribution in [0.25, 0.3) is 10.7 Å². The van der Waals surface area contributed by atoms with Gasteiger partial charge < -0.3 is 5.32 Å². The molecule has 1 saturated heterocycles. The Hall–Kier alpha value is -1.26. The predicted molar refractivity (Wildman–Crippen MR) is 79.4 cm³/mol. The molecule has 0 bridgehead atoms. The molecule has 2 aromatic heterocycles. The zero-order valence-corrected chi connectivity index (χ0v) is 12.0. The fourth-order valence-electron chi connectivity index (χ4n) is 2.57. The number of nitrogens with one attached hydrogen (secondary N) is 1. The van der Waals surface area contributed by atoms with Crippen LogP contribution in [0.15, 0.2) is 23.7 Å². The van der Waals surface area contributed by atoms with Crippen LogP contribution in [-0.4, -0.2) is 23.1 Å². The molecule has 1 aliphatic rings. The number of rotatable bonds is 3. The number of aryl methyl sites for hydroxylation is 1. The Labute approximate surface area is 118 Å². The summed E-state index contributed by atoms with van der Waals surface area (Å²) < 4.78 is 0. The molecule has 1 fully saturated rings. The van der Waals surface area contributed by atoms with Gasteiger partial charge in [0.15, 0.2) is 0 Å². The van der Waals surface area contributed by atoms with E-state index in [0.717, 1.165) is 35.3 Å². The van der Waals surface area contributed by atoms with Crippen molar-refractivity contribution in [3.05, 3.63) is 35.0 Å². The smallest absolute Gasteiger partial charge is 0.142 e. The fourth-order valence-corrected chi connectivity index (χ4v) is 3.35. The Morgan fingerprint density at radius 1 is 1.42 bits per heavy atom. The van der Waals surface area contributed by atoms with Gasteiger partial charge in [-0.25, -0.2) is 4.98 Å². The molecule has 1 N–H and O–H groups in total. The van der Waals surface area contributed by atoms with Gasteiger partial charge in [0.05, 0.1) is 5.69 Å². The highest BCUT2D eigenvalue weighted by Crippen LogP contribution is 2.22. The standard InChI is InChI=1S/C15H19N3S/c1-11-10-19-15(18-11)14-5-4-13(9-17-14)7-12-3-2-6-16-8-12/h4-5,9-10,12,16H,2-3,6-8H2,1H3/t12-/m1/s1. The molecule has 0 radical (unpaired) electrons. The lowest BCUT2D eigenvalue weighted by atomic mass is 9.93. The van der Waals surface area contributed by atoms with Gasteiger partial charge >= 0.3 is 0 Å². The maximum Gasteiger partial charge on any atom is 0.142 e. The molecule has 3 nitrogen and oxygen atoms in total. The first kappa shape index (κ1) is 12.8. The van der Waals surface area contributed by atoms with Crippen LogP contribution in [0.4, 0.5) is 0 Å². The molecule has 0 aliphatic carbocycles. The molecule has 1 atom stereocenters. The molecule has 3 heterocycles. The maximum atomic E-state index is 4.56. The Balaban J connectivity index is 1.68. The highest BCUT2D eigenvalue weighted by atomic mass is 32.1. The Bertz CT molecular complexity index is 527. The van der Waals surface area contributed by atoms with Crippen molar-refractivity contribution in [3.8, 4) is 10.7 Å². The number of piperidine rings is 1. The van der Waals surface area contributed by atoms with Crippen molar-refractivity contribution in [3.63, 3.8) is 0 Å². The second-order valence-corrected chi connectivity index (χ2v) is 6.12. The second kappa shape index (κ2) is 5.80. The first-order chi connectivity index (χ1) is 9.31. The highest BCUT2D eigenvalue weighted by Gasteiger charge is 2.13. The van der Waals surface area contributed by atoms with Gasteiger partial charge in [0.25, 0.3) is 0 Å². The minimum absolute atomic E-state index is 0.767. The van der Waals surface area contributed by atoms with Gasteiger partial charge in [-0.15, -0.1) is 11.3 Å². The van der Waals surface area contributed by atoms with Gasteiger partial charge in [-0.1, -0.05) is 6.07 Å². The van der Waals surface area contributed by atoms with Crippen molar-refractivity contribution in [2.75, 3.05) is 13.1 Å². The summed E-state index contributed by atoms with van der Waals surface area (Å²) in [6, 6.07) is 4.30. The lowest BCUT2D eigenvalue weighted by Gasteiger charge is -2.22. The molecule has 0 aromatic carbocycles. The average Bonchev–Trinajstić information content (AvgIpc) is 2.87. The first-order valence-electron chi connectivity index (χ1n) is 6.89. The first-order valence-corrected chi connectivity index (χ1v) is 7.77. The Morgan fingerprint density at radius 2 is 2.37 bits per heavy atom. The molecule has 100 valence electrons. The fraction of sp³-hybridized carbons (Fsp3) is 0.467. The maximum absolute atomic E-state index is 4.56. The lowest BCUT2D eigenvalue weighted by Crippen LogP contribution is -2.30. The van der Waals surface area contributed by atoms with E-state index in [1.165, 1.54) is 24.9 Å². The SMILES string of the molecule is Cc1csc(-c2ccc(C[C@H]3CCCNC3)cn2)n1. The summed E-state index contributed by atoms with van der Waals surface area (Å²) >= 11 is 1.66. The number of pyridine rings is 1. The van der Waals surface area contributed by atoms with Gasteiger partial charge in [0.1, 0.15) is 5.01 Å². The summed E-state index contributed by atoms with van der Waals surface area (Å²) in [6.07, 6.45) is 5.78. The van der Waals surface area contributed by atoms with E-state index in [0.29, 0.717) is 0 Å². The number of thiazole rings is 1. The van der Waals surface area contributed by atoms with Gasteiger partial charge in [0, 0.05) is 17.3 Å². The van der Waals surface area contributed by atoms with E-state index in [-0.39, 0.29) is 0 Å². The number of aromatic nitrogens is 2. The summed E-state index contributed by atoms with van der Waals surface area (Å²) in [4.78, 5) is 9.03. The molecule has 0 spiro atoms. The van der Waals surface area contributed by atoms with Crippen LogP contribution >= 0.6 is 11.3 Å². The Kier molecular flexibility index (Phi) is 3.89. The molecule has 4 heteroatoms. The van der Waals surface area contributed by atoms with E-state index in [1.807, 2.05) is 13.1 Å². The minimum atomic E-state index is 0.767.